The zero-order valence-corrected chi connectivity index (χ0v) is 16.6. The molecular weight excluding hydrogens is 380 g/mol. The highest BCUT2D eigenvalue weighted by molar-refractivity contribution is 7.09. The predicted octanol–water partition coefficient (Wildman–Crippen LogP) is 5.99. The average molecular weight is 398 g/mol. The van der Waals surface area contributed by atoms with Gasteiger partial charge in [-0.15, -0.1) is 11.3 Å². The molecule has 0 aliphatic carbocycles. The highest BCUT2D eigenvalue weighted by Gasteiger charge is 2.32. The van der Waals surface area contributed by atoms with E-state index in [0.29, 0.717) is 0 Å². The highest BCUT2D eigenvalue weighted by Crippen LogP contribution is 2.44. The number of benzene rings is 3. The number of aromatic nitrogens is 1. The Balaban J connectivity index is 1.49. The van der Waals surface area contributed by atoms with E-state index in [2.05, 4.69) is 10.3 Å². The van der Waals surface area contributed by atoms with E-state index in [9.17, 15) is 4.79 Å². The Hall–Kier alpha value is -3.44. The number of aryl methyl sites for hydroxylation is 1. The average Bonchev–Trinajstić information content (AvgIpc) is 3.18. The largest absolute Gasteiger partial charge is 0.457 e. The molecule has 5 heteroatoms. The lowest BCUT2D eigenvalue weighted by Gasteiger charge is -2.27. The van der Waals surface area contributed by atoms with E-state index in [-0.39, 0.29) is 5.91 Å². The third-order valence-electron chi connectivity index (χ3n) is 4.99. The molecule has 0 saturated carbocycles. The Morgan fingerprint density at radius 3 is 2.31 bits per heavy atom. The van der Waals surface area contributed by atoms with E-state index in [4.69, 9.17) is 4.74 Å². The number of hydrogen-bond acceptors (Lipinski definition) is 4. The van der Waals surface area contributed by atoms with Gasteiger partial charge in [-0.1, -0.05) is 48.5 Å². The van der Waals surface area contributed by atoms with Crippen molar-refractivity contribution >= 4 is 22.9 Å². The number of carbonyl (C=O) groups is 1. The Labute approximate surface area is 172 Å². The molecule has 1 amide bonds. The molecule has 4 nitrogen and oxygen atoms in total. The van der Waals surface area contributed by atoms with Crippen LogP contribution < -0.4 is 10.1 Å². The first-order valence-corrected chi connectivity index (χ1v) is 10.3. The maximum atomic E-state index is 13.4. The number of thiazole rings is 1. The summed E-state index contributed by atoms with van der Waals surface area (Å²) in [6.07, 6.45) is 0. The van der Waals surface area contributed by atoms with Gasteiger partial charge >= 0.3 is 0 Å². The zero-order chi connectivity index (χ0) is 19.8. The van der Waals surface area contributed by atoms with Crippen LogP contribution in [-0.4, -0.2) is 10.9 Å². The number of carbonyl (C=O) groups excluding carboxylic acids is 1. The second kappa shape index (κ2) is 7.18. The quantitative estimate of drug-likeness (QED) is 0.461. The number of anilines is 1. The molecule has 142 valence electrons. The van der Waals surface area contributed by atoms with E-state index in [1.807, 2.05) is 85.1 Å². The number of ether oxygens (including phenoxy) is 1. The summed E-state index contributed by atoms with van der Waals surface area (Å²) in [6, 6.07) is 23.2. The molecule has 0 radical (unpaired) electrons. The molecule has 2 heterocycles. The molecule has 4 aromatic rings. The van der Waals surface area contributed by atoms with Gasteiger partial charge in [0.25, 0.3) is 0 Å². The molecule has 0 fully saturated rings. The minimum Gasteiger partial charge on any atom is -0.457 e. The van der Waals surface area contributed by atoms with E-state index in [1.165, 1.54) is 0 Å². The van der Waals surface area contributed by atoms with Gasteiger partial charge in [0.15, 0.2) is 0 Å². The Bertz CT molecular complexity index is 1170. The van der Waals surface area contributed by atoms with Crippen molar-refractivity contribution in [1.29, 1.82) is 0 Å². The minimum atomic E-state index is -0.429. The smallest absolute Gasteiger partial charge is 0.236 e. The fourth-order valence-corrected chi connectivity index (χ4v) is 4.28. The van der Waals surface area contributed by atoms with Crippen molar-refractivity contribution in [3.05, 3.63) is 94.3 Å². The number of nitrogens with zero attached hydrogens (tertiary/aromatic N) is 1. The van der Waals surface area contributed by atoms with Crippen molar-refractivity contribution in [3.63, 3.8) is 0 Å². The summed E-state index contributed by atoms with van der Waals surface area (Å²) in [6.45, 7) is 1.99. The lowest BCUT2D eigenvalue weighted by atomic mass is 9.87. The molecule has 1 N–H and O–H groups in total. The Kier molecular flexibility index (Phi) is 4.37. The normalized spacial score (nSPS) is 12.6. The van der Waals surface area contributed by atoms with E-state index >= 15 is 0 Å². The van der Waals surface area contributed by atoms with Crippen molar-refractivity contribution < 1.29 is 9.53 Å². The molecule has 5 rings (SSSR count). The summed E-state index contributed by atoms with van der Waals surface area (Å²) in [5, 5.41) is 6.14. The van der Waals surface area contributed by atoms with Crippen LogP contribution in [-0.2, 0) is 4.79 Å². The van der Waals surface area contributed by atoms with E-state index in [0.717, 1.165) is 44.6 Å². The van der Waals surface area contributed by atoms with Gasteiger partial charge in [-0.05, 0) is 31.2 Å². The van der Waals surface area contributed by atoms with Gasteiger partial charge < -0.3 is 10.1 Å². The second-order valence-electron chi connectivity index (χ2n) is 6.93. The molecule has 0 atom stereocenters. The Morgan fingerprint density at radius 2 is 1.66 bits per heavy atom. The molecule has 0 unspecified atom stereocenters. The summed E-state index contributed by atoms with van der Waals surface area (Å²) in [5.41, 5.74) is 4.40. The van der Waals surface area contributed by atoms with Gasteiger partial charge in [0.05, 0.1) is 16.6 Å². The number of nitrogens with one attached hydrogen (secondary N) is 1. The zero-order valence-electron chi connectivity index (χ0n) is 15.8. The Morgan fingerprint density at radius 1 is 0.966 bits per heavy atom. The van der Waals surface area contributed by atoms with Crippen LogP contribution in [0.4, 0.5) is 5.69 Å². The highest BCUT2D eigenvalue weighted by atomic mass is 32.1. The summed E-state index contributed by atoms with van der Waals surface area (Å²) in [4.78, 5) is 17.9. The first-order chi connectivity index (χ1) is 14.2. The molecule has 1 aliphatic heterocycles. The van der Waals surface area contributed by atoms with E-state index < -0.39 is 5.92 Å². The van der Waals surface area contributed by atoms with Crippen LogP contribution in [0.2, 0.25) is 0 Å². The van der Waals surface area contributed by atoms with E-state index in [1.54, 1.807) is 11.3 Å². The molecule has 3 aromatic carbocycles. The van der Waals surface area contributed by atoms with Crippen molar-refractivity contribution in [1.82, 2.24) is 4.98 Å². The fourth-order valence-electron chi connectivity index (χ4n) is 3.66. The van der Waals surface area contributed by atoms with Gasteiger partial charge in [-0.25, -0.2) is 4.98 Å². The molecule has 29 heavy (non-hydrogen) atoms. The van der Waals surface area contributed by atoms with Gasteiger partial charge in [-0.2, -0.15) is 0 Å². The van der Waals surface area contributed by atoms with Gasteiger partial charge in [0.2, 0.25) is 5.91 Å². The van der Waals surface area contributed by atoms with Crippen LogP contribution in [0.15, 0.2) is 78.2 Å². The number of amides is 1. The number of para-hydroxylation sites is 2. The van der Waals surface area contributed by atoms with Crippen LogP contribution in [0, 0.1) is 6.92 Å². The van der Waals surface area contributed by atoms with Crippen molar-refractivity contribution in [2.45, 2.75) is 12.8 Å². The molecule has 0 spiro atoms. The number of hydrogen-bond donors (Lipinski definition) is 1. The summed E-state index contributed by atoms with van der Waals surface area (Å²) >= 11 is 1.61. The molecule has 0 bridgehead atoms. The first kappa shape index (κ1) is 17.6. The van der Waals surface area contributed by atoms with Crippen LogP contribution in [0.5, 0.6) is 11.5 Å². The summed E-state index contributed by atoms with van der Waals surface area (Å²) in [5.74, 6) is 0.928. The number of rotatable bonds is 3. The molecular formula is C24H18N2O2S. The molecule has 0 saturated heterocycles. The van der Waals surface area contributed by atoms with Crippen LogP contribution in [0.3, 0.4) is 0 Å². The second-order valence-corrected chi connectivity index (χ2v) is 7.99. The van der Waals surface area contributed by atoms with Crippen LogP contribution in [0.1, 0.15) is 22.1 Å². The first-order valence-electron chi connectivity index (χ1n) is 9.38. The molecule has 1 aliphatic rings. The molecule has 1 aromatic heterocycles. The third kappa shape index (κ3) is 3.30. The van der Waals surface area contributed by atoms with Gasteiger partial charge in [0.1, 0.15) is 11.5 Å². The van der Waals surface area contributed by atoms with Gasteiger partial charge in [0, 0.05) is 27.8 Å². The number of fused-ring (bicyclic) bond motifs is 2. The fraction of sp³-hybridized carbons (Fsp3) is 0.0833. The minimum absolute atomic E-state index is 0.0835. The summed E-state index contributed by atoms with van der Waals surface area (Å²) in [7, 11) is 0. The van der Waals surface area contributed by atoms with Crippen LogP contribution in [0.25, 0.3) is 11.3 Å². The van der Waals surface area contributed by atoms with Crippen molar-refractivity contribution in [2.75, 3.05) is 5.32 Å². The predicted molar refractivity (Wildman–Crippen MR) is 116 cm³/mol. The van der Waals surface area contributed by atoms with Crippen molar-refractivity contribution in [3.8, 4) is 22.8 Å². The maximum Gasteiger partial charge on any atom is 0.236 e. The van der Waals surface area contributed by atoms with Crippen molar-refractivity contribution in [2.24, 2.45) is 0 Å². The van der Waals surface area contributed by atoms with Crippen LogP contribution >= 0.6 is 11.3 Å². The monoisotopic (exact) mass is 398 g/mol. The standard InChI is InChI=1S/C24H18N2O2S/c1-15-25-20(14-29-15)16-7-6-8-17(13-16)26-24(27)23-18-9-2-4-11-21(18)28-22-12-5-3-10-19(22)23/h2-14,23H,1H3,(H,26,27). The van der Waals surface area contributed by atoms with Gasteiger partial charge in [-0.3, -0.25) is 4.79 Å². The summed E-state index contributed by atoms with van der Waals surface area (Å²) < 4.78 is 6.00. The lowest BCUT2D eigenvalue weighted by molar-refractivity contribution is -0.116. The lowest BCUT2D eigenvalue weighted by Crippen LogP contribution is -2.25. The maximum absolute atomic E-state index is 13.4. The topological polar surface area (TPSA) is 51.2 Å². The third-order valence-corrected chi connectivity index (χ3v) is 5.76. The SMILES string of the molecule is Cc1nc(-c2cccc(NC(=O)C3c4ccccc4Oc4ccccc43)c2)cs1.